The molecule has 0 radical (unpaired) electrons. The van der Waals surface area contributed by atoms with E-state index in [4.69, 9.17) is 4.74 Å². The number of ether oxygens (including phenoxy) is 1. The first-order chi connectivity index (χ1) is 20.0. The highest BCUT2D eigenvalue weighted by Crippen LogP contribution is 2.63. The highest BCUT2D eigenvalue weighted by atomic mass is 16.5. The fraction of sp³-hybridized carbons (Fsp3) is 0.176. The van der Waals surface area contributed by atoms with Crippen molar-refractivity contribution in [3.63, 3.8) is 0 Å². The molecule has 4 aliphatic rings. The first-order valence-electron chi connectivity index (χ1n) is 13.6. The van der Waals surface area contributed by atoms with Crippen molar-refractivity contribution in [3.8, 4) is 5.75 Å². The summed E-state index contributed by atoms with van der Waals surface area (Å²) in [5, 5.41) is 4.47. The summed E-state index contributed by atoms with van der Waals surface area (Å²) in [5.74, 6) is -1.74. The number of nitrogens with one attached hydrogen (secondary N) is 1. The van der Waals surface area contributed by atoms with Gasteiger partial charge in [-0.1, -0.05) is 84.9 Å². The van der Waals surface area contributed by atoms with Crippen molar-refractivity contribution in [2.75, 3.05) is 7.11 Å². The van der Waals surface area contributed by atoms with Gasteiger partial charge in [0.1, 0.15) is 5.75 Å². The lowest BCUT2D eigenvalue weighted by Crippen LogP contribution is -2.54. The molecule has 1 N–H and O–H groups in total. The lowest BCUT2D eigenvalue weighted by Gasteiger charge is -2.52. The minimum Gasteiger partial charge on any atom is -0.497 e. The quantitative estimate of drug-likeness (QED) is 0.219. The molecule has 7 nitrogen and oxygen atoms in total. The number of methoxy groups -OCH3 is 1. The van der Waals surface area contributed by atoms with Crippen molar-refractivity contribution in [1.29, 1.82) is 0 Å². The average Bonchev–Trinajstić information content (AvgIpc) is 3.27. The maximum absolute atomic E-state index is 14.3. The molecule has 0 unspecified atom stereocenters. The normalized spacial score (nSPS) is 23.7. The molecule has 8 rings (SSSR count). The Kier molecular flexibility index (Phi) is 5.82. The predicted molar refractivity (Wildman–Crippen MR) is 153 cm³/mol. The zero-order valence-electron chi connectivity index (χ0n) is 22.4. The zero-order valence-corrected chi connectivity index (χ0v) is 22.4. The Morgan fingerprint density at radius 1 is 0.878 bits per heavy atom. The van der Waals surface area contributed by atoms with Crippen molar-refractivity contribution < 1.29 is 19.1 Å². The summed E-state index contributed by atoms with van der Waals surface area (Å²) in [4.78, 5) is 42.9. The average molecular weight is 542 g/mol. The van der Waals surface area contributed by atoms with Crippen LogP contribution in [-0.2, 0) is 21.5 Å². The number of amides is 3. The first-order valence-corrected chi connectivity index (χ1v) is 13.6. The number of hydrogen-bond donors (Lipinski definition) is 1. The van der Waals surface area contributed by atoms with Crippen LogP contribution in [0, 0.1) is 11.8 Å². The number of hydrazone groups is 1. The van der Waals surface area contributed by atoms with E-state index < -0.39 is 23.2 Å². The highest BCUT2D eigenvalue weighted by Gasteiger charge is 2.67. The van der Waals surface area contributed by atoms with Gasteiger partial charge in [0.15, 0.2) is 0 Å². The van der Waals surface area contributed by atoms with Gasteiger partial charge in [0, 0.05) is 17.7 Å². The number of carbonyl (C=O) groups excluding carboxylic acids is 3. The maximum atomic E-state index is 14.3. The van der Waals surface area contributed by atoms with E-state index in [1.54, 1.807) is 37.6 Å². The van der Waals surface area contributed by atoms with Crippen LogP contribution in [0.3, 0.4) is 0 Å². The molecule has 1 fully saturated rings. The van der Waals surface area contributed by atoms with E-state index in [1.807, 2.05) is 78.9 Å². The van der Waals surface area contributed by atoms with Crippen LogP contribution in [0.15, 0.2) is 108 Å². The van der Waals surface area contributed by atoms with Crippen LogP contribution in [0.1, 0.15) is 44.1 Å². The lowest BCUT2D eigenvalue weighted by molar-refractivity contribution is -0.140. The van der Waals surface area contributed by atoms with Crippen LogP contribution in [-0.4, -0.2) is 35.9 Å². The van der Waals surface area contributed by atoms with Gasteiger partial charge in [-0.2, -0.15) is 5.10 Å². The Morgan fingerprint density at radius 2 is 1.54 bits per heavy atom. The van der Waals surface area contributed by atoms with Crippen LogP contribution in [0.5, 0.6) is 5.75 Å². The van der Waals surface area contributed by atoms with Crippen molar-refractivity contribution in [1.82, 2.24) is 10.3 Å². The Morgan fingerprint density at radius 3 is 2.22 bits per heavy atom. The van der Waals surface area contributed by atoms with E-state index in [2.05, 4.69) is 10.5 Å². The predicted octanol–water partition coefficient (Wildman–Crippen LogP) is 4.66. The van der Waals surface area contributed by atoms with Crippen LogP contribution in [0.25, 0.3) is 0 Å². The van der Waals surface area contributed by atoms with Crippen LogP contribution in [0.4, 0.5) is 0 Å². The molecule has 2 bridgehead atoms. The third-order valence-corrected chi connectivity index (χ3v) is 8.72. The molecule has 0 spiro atoms. The largest absolute Gasteiger partial charge is 0.497 e. The van der Waals surface area contributed by atoms with E-state index in [1.165, 1.54) is 4.90 Å². The van der Waals surface area contributed by atoms with Gasteiger partial charge in [0.25, 0.3) is 5.91 Å². The summed E-state index contributed by atoms with van der Waals surface area (Å²) in [6.45, 7) is 0.213. The number of hydrogen-bond acceptors (Lipinski definition) is 5. The van der Waals surface area contributed by atoms with Crippen LogP contribution in [0.2, 0.25) is 0 Å². The van der Waals surface area contributed by atoms with Gasteiger partial charge in [-0.25, -0.2) is 5.43 Å². The van der Waals surface area contributed by atoms with E-state index in [0.29, 0.717) is 11.3 Å². The Balaban J connectivity index is 1.35. The highest BCUT2D eigenvalue weighted by molar-refractivity contribution is 6.11. The molecule has 2 atom stereocenters. The van der Waals surface area contributed by atoms with Gasteiger partial charge in [0.2, 0.25) is 11.8 Å². The van der Waals surface area contributed by atoms with Gasteiger partial charge in [-0.15, -0.1) is 0 Å². The van der Waals surface area contributed by atoms with Gasteiger partial charge < -0.3 is 4.74 Å². The lowest BCUT2D eigenvalue weighted by atomic mass is 9.47. The molecular formula is C34H27N3O4. The summed E-state index contributed by atoms with van der Waals surface area (Å²) < 4.78 is 5.25. The van der Waals surface area contributed by atoms with Crippen molar-refractivity contribution in [3.05, 3.63) is 137 Å². The van der Waals surface area contributed by atoms with Crippen LogP contribution >= 0.6 is 0 Å². The molecule has 1 saturated heterocycles. The molecule has 202 valence electrons. The smallest absolute Gasteiger partial charge is 0.271 e. The fourth-order valence-corrected chi connectivity index (χ4v) is 7.05. The number of rotatable bonds is 6. The maximum Gasteiger partial charge on any atom is 0.271 e. The Labute approximate surface area is 237 Å². The summed E-state index contributed by atoms with van der Waals surface area (Å²) in [5.41, 5.74) is 6.81. The fourth-order valence-electron chi connectivity index (χ4n) is 7.05. The third-order valence-electron chi connectivity index (χ3n) is 8.72. The topological polar surface area (TPSA) is 88.1 Å². The number of likely N-dealkylation sites (tertiary alicyclic amines) is 1. The summed E-state index contributed by atoms with van der Waals surface area (Å²) >= 11 is 0. The number of benzene rings is 4. The second kappa shape index (κ2) is 9.55. The van der Waals surface area contributed by atoms with E-state index >= 15 is 0 Å². The minimum absolute atomic E-state index is 0.170. The molecule has 1 heterocycles. The Bertz CT molecular complexity index is 1680. The Hall–Kier alpha value is -5.04. The summed E-state index contributed by atoms with van der Waals surface area (Å²) in [7, 11) is 1.54. The molecule has 4 aromatic rings. The summed E-state index contributed by atoms with van der Waals surface area (Å²) in [6.07, 6.45) is 1.67. The second-order valence-electron chi connectivity index (χ2n) is 10.7. The number of imide groups is 1. The van der Waals surface area contributed by atoms with E-state index in [9.17, 15) is 14.4 Å². The van der Waals surface area contributed by atoms with Crippen molar-refractivity contribution in [2.45, 2.75) is 17.9 Å². The van der Waals surface area contributed by atoms with Crippen LogP contribution < -0.4 is 10.2 Å². The molecule has 1 aliphatic heterocycles. The summed E-state index contributed by atoms with van der Waals surface area (Å²) in [6, 6.07) is 32.3. The molecule has 0 aromatic heterocycles. The van der Waals surface area contributed by atoms with Gasteiger partial charge in [-0.3, -0.25) is 19.3 Å². The van der Waals surface area contributed by atoms with Crippen molar-refractivity contribution >= 4 is 23.9 Å². The molecule has 7 heteroatoms. The molecular weight excluding hydrogens is 514 g/mol. The number of carbonyl (C=O) groups is 3. The second-order valence-corrected chi connectivity index (χ2v) is 10.7. The first kappa shape index (κ1) is 25.0. The van der Waals surface area contributed by atoms with Gasteiger partial charge in [0.05, 0.1) is 30.9 Å². The van der Waals surface area contributed by atoms with Gasteiger partial charge >= 0.3 is 0 Å². The van der Waals surface area contributed by atoms with E-state index in [0.717, 1.165) is 27.8 Å². The van der Waals surface area contributed by atoms with Gasteiger partial charge in [-0.05, 0) is 46.0 Å². The minimum atomic E-state index is -1.04. The number of nitrogens with zero attached hydrogens (tertiary/aromatic N) is 2. The molecule has 41 heavy (non-hydrogen) atoms. The monoisotopic (exact) mass is 541 g/mol. The third kappa shape index (κ3) is 3.65. The molecule has 3 amide bonds. The molecule has 0 saturated carbocycles. The standard InChI is InChI=1S/C34H27N3O4/c1-41-23-13-9-12-22(18-23)31(38)36-35-20-34-26-16-7-5-14-24(26)28(25-15-6-8-17-27(25)34)29-30(34)33(40)37(32(29)39)19-21-10-3-2-4-11-21/h2-18,20,28-30H,19H2,1H3,(H,36,38)/b35-20-/t28?,29-,30-,34?/m0/s1. The van der Waals surface area contributed by atoms with E-state index in [-0.39, 0.29) is 24.3 Å². The molecule has 4 aromatic carbocycles. The van der Waals surface area contributed by atoms with Crippen molar-refractivity contribution in [2.24, 2.45) is 16.9 Å². The molecule has 3 aliphatic carbocycles. The zero-order chi connectivity index (χ0) is 28.1. The SMILES string of the molecule is COc1cccc(C(=O)N/N=C\C23c4ccccc4C(c4ccccc42)[C@@H]2C(=O)N(Cc4ccccc4)C(=O)[C@H]23)c1.